The van der Waals surface area contributed by atoms with Crippen molar-refractivity contribution in [2.75, 3.05) is 0 Å². The molecule has 0 radical (unpaired) electrons. The van der Waals surface area contributed by atoms with E-state index in [2.05, 4.69) is 11.9 Å². The molecule has 1 aliphatic rings. The number of carbonyl (C=O) groups is 2. The summed E-state index contributed by atoms with van der Waals surface area (Å²) in [6, 6.07) is 0. The van der Waals surface area contributed by atoms with Crippen LogP contribution < -0.4 is 5.32 Å². The molecule has 14 heavy (non-hydrogen) atoms. The molecule has 0 spiro atoms. The molecule has 1 aliphatic heterocycles. The van der Waals surface area contributed by atoms with Crippen LogP contribution in [0.1, 0.15) is 20.3 Å². The SMILES string of the molecule is C=C1CC(C(C)=O)=CC=C(C(C)=O)N1. The van der Waals surface area contributed by atoms with Crippen molar-refractivity contribution < 1.29 is 9.59 Å². The van der Waals surface area contributed by atoms with Crippen LogP contribution >= 0.6 is 0 Å². The Morgan fingerprint density at radius 2 is 1.93 bits per heavy atom. The standard InChI is InChI=1S/C11H13NO2/c1-7-6-10(8(2)13)4-5-11(12-7)9(3)14/h4-5,12H,1,6H2,2-3H3. The summed E-state index contributed by atoms with van der Waals surface area (Å²) in [5.41, 5.74) is 1.82. The lowest BCUT2D eigenvalue weighted by Gasteiger charge is -2.07. The first kappa shape index (κ1) is 10.4. The molecule has 0 unspecified atom stereocenters. The van der Waals surface area contributed by atoms with Gasteiger partial charge in [-0.05, 0) is 13.0 Å². The van der Waals surface area contributed by atoms with E-state index in [1.807, 2.05) is 0 Å². The third-order valence-electron chi connectivity index (χ3n) is 2.00. The number of hydrogen-bond donors (Lipinski definition) is 1. The summed E-state index contributed by atoms with van der Waals surface area (Å²) >= 11 is 0. The molecule has 0 aromatic carbocycles. The van der Waals surface area contributed by atoms with E-state index >= 15 is 0 Å². The summed E-state index contributed by atoms with van der Waals surface area (Å²) in [5, 5.41) is 2.88. The van der Waals surface area contributed by atoms with E-state index in [1.165, 1.54) is 13.8 Å². The highest BCUT2D eigenvalue weighted by atomic mass is 16.1. The van der Waals surface area contributed by atoms with Crippen molar-refractivity contribution in [1.29, 1.82) is 0 Å². The van der Waals surface area contributed by atoms with Crippen LogP contribution in [0.3, 0.4) is 0 Å². The number of rotatable bonds is 2. The number of allylic oxidation sites excluding steroid dienone is 4. The third kappa shape index (κ3) is 2.42. The largest absolute Gasteiger partial charge is 0.356 e. The Kier molecular flexibility index (Phi) is 3.02. The Labute approximate surface area is 83.2 Å². The van der Waals surface area contributed by atoms with Crippen molar-refractivity contribution in [2.24, 2.45) is 0 Å². The summed E-state index contributed by atoms with van der Waals surface area (Å²) in [4.78, 5) is 22.2. The van der Waals surface area contributed by atoms with Crippen LogP contribution in [0.4, 0.5) is 0 Å². The monoisotopic (exact) mass is 191 g/mol. The Balaban J connectivity index is 3.00. The van der Waals surface area contributed by atoms with Crippen molar-refractivity contribution in [3.63, 3.8) is 0 Å². The van der Waals surface area contributed by atoms with Crippen LogP contribution in [0.25, 0.3) is 0 Å². The van der Waals surface area contributed by atoms with E-state index in [4.69, 9.17) is 0 Å². The highest BCUT2D eigenvalue weighted by Crippen LogP contribution is 2.14. The summed E-state index contributed by atoms with van der Waals surface area (Å²) in [5.74, 6) is -0.0544. The van der Waals surface area contributed by atoms with E-state index in [-0.39, 0.29) is 11.6 Å². The molecule has 3 heteroatoms. The topological polar surface area (TPSA) is 46.2 Å². The lowest BCUT2D eigenvalue weighted by molar-refractivity contribution is -0.114. The fourth-order valence-corrected chi connectivity index (χ4v) is 1.20. The van der Waals surface area contributed by atoms with Crippen molar-refractivity contribution in [3.05, 3.63) is 35.7 Å². The zero-order chi connectivity index (χ0) is 10.7. The summed E-state index contributed by atoms with van der Waals surface area (Å²) in [6.45, 7) is 6.72. The van der Waals surface area contributed by atoms with Crippen LogP contribution in [-0.4, -0.2) is 11.6 Å². The molecule has 74 valence electrons. The first-order valence-corrected chi connectivity index (χ1v) is 4.38. The first-order valence-electron chi connectivity index (χ1n) is 4.38. The molecular formula is C11H13NO2. The van der Waals surface area contributed by atoms with E-state index in [0.29, 0.717) is 23.4 Å². The molecule has 0 amide bonds. The van der Waals surface area contributed by atoms with Gasteiger partial charge in [0.25, 0.3) is 0 Å². The third-order valence-corrected chi connectivity index (χ3v) is 2.00. The van der Waals surface area contributed by atoms with E-state index < -0.39 is 0 Å². The maximum atomic E-state index is 11.1. The molecule has 0 atom stereocenters. The molecule has 0 aliphatic carbocycles. The Bertz CT molecular complexity index is 327. The van der Waals surface area contributed by atoms with Gasteiger partial charge < -0.3 is 5.32 Å². The normalized spacial score (nSPS) is 16.3. The summed E-state index contributed by atoms with van der Waals surface area (Å²) in [6.07, 6.45) is 3.77. The molecule has 0 bridgehead atoms. The number of carbonyl (C=O) groups excluding carboxylic acids is 2. The molecule has 0 saturated heterocycles. The number of hydrogen-bond acceptors (Lipinski definition) is 3. The van der Waals surface area contributed by atoms with Gasteiger partial charge in [-0.3, -0.25) is 9.59 Å². The minimum Gasteiger partial charge on any atom is -0.356 e. The van der Waals surface area contributed by atoms with Crippen LogP contribution in [-0.2, 0) is 9.59 Å². The minimum atomic E-state index is -0.0628. The van der Waals surface area contributed by atoms with E-state index in [9.17, 15) is 9.59 Å². The maximum Gasteiger partial charge on any atom is 0.175 e. The predicted molar refractivity (Wildman–Crippen MR) is 54.4 cm³/mol. The zero-order valence-electron chi connectivity index (χ0n) is 8.39. The molecule has 0 fully saturated rings. The number of ketones is 2. The average Bonchev–Trinajstić information content (AvgIpc) is 2.26. The van der Waals surface area contributed by atoms with E-state index in [1.54, 1.807) is 12.2 Å². The van der Waals surface area contributed by atoms with Gasteiger partial charge in [-0.1, -0.05) is 12.7 Å². The Morgan fingerprint density at radius 1 is 1.29 bits per heavy atom. The number of nitrogens with one attached hydrogen (secondary N) is 1. The number of Topliss-reactive ketones (excluding diaryl/α,β-unsaturated/α-hetero) is 2. The van der Waals surface area contributed by atoms with Crippen molar-refractivity contribution in [1.82, 2.24) is 5.32 Å². The molecular weight excluding hydrogens is 178 g/mol. The fraction of sp³-hybridized carbons (Fsp3) is 0.273. The molecule has 0 saturated carbocycles. The van der Waals surface area contributed by atoms with Crippen LogP contribution in [0.2, 0.25) is 0 Å². The predicted octanol–water partition coefficient (Wildman–Crippen LogP) is 1.48. The summed E-state index contributed by atoms with van der Waals surface area (Å²) in [7, 11) is 0. The second kappa shape index (κ2) is 4.05. The molecule has 1 N–H and O–H groups in total. The molecule has 3 nitrogen and oxygen atoms in total. The van der Waals surface area contributed by atoms with Crippen molar-refractivity contribution >= 4 is 11.6 Å². The second-order valence-electron chi connectivity index (χ2n) is 3.29. The van der Waals surface area contributed by atoms with Gasteiger partial charge in [0.2, 0.25) is 0 Å². The molecule has 1 heterocycles. The van der Waals surface area contributed by atoms with Gasteiger partial charge >= 0.3 is 0 Å². The van der Waals surface area contributed by atoms with Gasteiger partial charge in [0.05, 0.1) is 5.70 Å². The molecule has 1 rings (SSSR count). The molecule has 0 aromatic heterocycles. The quantitative estimate of drug-likeness (QED) is 0.719. The van der Waals surface area contributed by atoms with Gasteiger partial charge in [0.1, 0.15) is 0 Å². The van der Waals surface area contributed by atoms with Crippen LogP contribution in [0, 0.1) is 0 Å². The van der Waals surface area contributed by atoms with Crippen LogP contribution in [0.5, 0.6) is 0 Å². The van der Waals surface area contributed by atoms with Gasteiger partial charge in [-0.25, -0.2) is 0 Å². The fourth-order valence-electron chi connectivity index (χ4n) is 1.20. The highest BCUT2D eigenvalue weighted by molar-refractivity contribution is 5.96. The average molecular weight is 191 g/mol. The maximum absolute atomic E-state index is 11.1. The van der Waals surface area contributed by atoms with Crippen LogP contribution in [0.15, 0.2) is 35.7 Å². The smallest absolute Gasteiger partial charge is 0.175 e. The van der Waals surface area contributed by atoms with Crippen molar-refractivity contribution in [3.8, 4) is 0 Å². The minimum absolute atomic E-state index is 0.00834. The van der Waals surface area contributed by atoms with Gasteiger partial charge in [-0.2, -0.15) is 0 Å². The van der Waals surface area contributed by atoms with Gasteiger partial charge in [-0.15, -0.1) is 0 Å². The lowest BCUT2D eigenvalue weighted by atomic mass is 10.1. The van der Waals surface area contributed by atoms with Gasteiger partial charge in [0, 0.05) is 24.6 Å². The second-order valence-corrected chi connectivity index (χ2v) is 3.29. The zero-order valence-corrected chi connectivity index (χ0v) is 8.39. The Hall–Kier alpha value is -1.64. The Morgan fingerprint density at radius 3 is 2.43 bits per heavy atom. The summed E-state index contributed by atoms with van der Waals surface area (Å²) < 4.78 is 0. The first-order chi connectivity index (χ1) is 6.50. The highest BCUT2D eigenvalue weighted by Gasteiger charge is 2.12. The molecule has 0 aromatic rings. The van der Waals surface area contributed by atoms with Gasteiger partial charge in [0.15, 0.2) is 11.6 Å². The van der Waals surface area contributed by atoms with E-state index in [0.717, 1.165) is 0 Å². The lowest BCUT2D eigenvalue weighted by Crippen LogP contribution is -2.16. The van der Waals surface area contributed by atoms with Crippen molar-refractivity contribution in [2.45, 2.75) is 20.3 Å².